The lowest BCUT2D eigenvalue weighted by Crippen LogP contribution is -2.12. The van der Waals surface area contributed by atoms with Crippen LogP contribution in [-0.4, -0.2) is 31.6 Å². The van der Waals surface area contributed by atoms with Crippen LogP contribution in [0.4, 0.5) is 0 Å². The Morgan fingerprint density at radius 2 is 1.93 bits per heavy atom. The zero-order valence-corrected chi connectivity index (χ0v) is 16.7. The van der Waals surface area contributed by atoms with Gasteiger partial charge < -0.3 is 9.47 Å². The van der Waals surface area contributed by atoms with Crippen LogP contribution in [-0.2, 0) is 4.79 Å². The average Bonchev–Trinajstić information content (AvgIpc) is 2.71. The van der Waals surface area contributed by atoms with Gasteiger partial charge in [0.25, 0.3) is 0 Å². The predicted molar refractivity (Wildman–Crippen MR) is 115 cm³/mol. The van der Waals surface area contributed by atoms with Crippen molar-refractivity contribution >= 4 is 34.7 Å². The van der Waals surface area contributed by atoms with E-state index in [4.69, 9.17) is 9.47 Å². The third-order valence-corrected chi connectivity index (χ3v) is 5.01. The van der Waals surface area contributed by atoms with Crippen LogP contribution in [0.25, 0.3) is 10.8 Å². The van der Waals surface area contributed by atoms with Gasteiger partial charge in [-0.1, -0.05) is 36.4 Å². The first kappa shape index (κ1) is 19.8. The molecule has 0 fully saturated rings. The number of amides is 1. The van der Waals surface area contributed by atoms with Gasteiger partial charge in [0.15, 0.2) is 11.5 Å². The van der Waals surface area contributed by atoms with Gasteiger partial charge in [0.2, 0.25) is 5.91 Å². The molecule has 144 valence electrons. The molecule has 1 N–H and O–H groups in total. The monoisotopic (exact) mass is 394 g/mol. The van der Waals surface area contributed by atoms with Gasteiger partial charge in [0.05, 0.1) is 19.9 Å². The van der Waals surface area contributed by atoms with E-state index in [-0.39, 0.29) is 5.91 Å². The van der Waals surface area contributed by atoms with Gasteiger partial charge in [0, 0.05) is 17.6 Å². The van der Waals surface area contributed by atoms with E-state index in [1.165, 1.54) is 22.6 Å². The van der Waals surface area contributed by atoms with Crippen LogP contribution in [0.1, 0.15) is 12.5 Å². The minimum Gasteiger partial charge on any atom is -0.493 e. The number of benzene rings is 3. The van der Waals surface area contributed by atoms with E-state index in [0.29, 0.717) is 18.1 Å². The third kappa shape index (κ3) is 5.27. The quantitative estimate of drug-likeness (QED) is 0.265. The molecule has 0 unspecified atom stereocenters. The number of methoxy groups -OCH3 is 1. The molecule has 3 aromatic carbocycles. The summed E-state index contributed by atoms with van der Waals surface area (Å²) >= 11 is 1.77. The number of hydrogen-bond donors (Lipinski definition) is 1. The molecule has 6 heteroatoms. The summed E-state index contributed by atoms with van der Waals surface area (Å²) in [5.74, 6) is 1.91. The van der Waals surface area contributed by atoms with Crippen LogP contribution >= 0.6 is 11.8 Å². The molecule has 0 heterocycles. The molecule has 0 aliphatic rings. The lowest BCUT2D eigenvalue weighted by atomic mass is 10.1. The zero-order chi connectivity index (χ0) is 19.8. The van der Waals surface area contributed by atoms with Crippen LogP contribution in [0.3, 0.4) is 0 Å². The zero-order valence-electron chi connectivity index (χ0n) is 15.8. The largest absolute Gasteiger partial charge is 0.493 e. The van der Waals surface area contributed by atoms with E-state index in [0.717, 1.165) is 11.3 Å². The predicted octanol–water partition coefficient (Wildman–Crippen LogP) is 4.49. The second-order valence-corrected chi connectivity index (χ2v) is 7.15. The Morgan fingerprint density at radius 3 is 2.75 bits per heavy atom. The Kier molecular flexibility index (Phi) is 6.92. The minimum atomic E-state index is -0.216. The fraction of sp³-hybridized carbons (Fsp3) is 0.182. The maximum absolute atomic E-state index is 10.9. The summed E-state index contributed by atoms with van der Waals surface area (Å²) in [6.45, 7) is 1.97. The van der Waals surface area contributed by atoms with E-state index in [1.54, 1.807) is 25.1 Å². The van der Waals surface area contributed by atoms with Crippen molar-refractivity contribution in [3.63, 3.8) is 0 Å². The molecule has 0 spiro atoms. The van der Waals surface area contributed by atoms with Crippen LogP contribution in [0.2, 0.25) is 0 Å². The highest BCUT2D eigenvalue weighted by molar-refractivity contribution is 7.99. The van der Waals surface area contributed by atoms with Crippen molar-refractivity contribution < 1.29 is 14.3 Å². The first-order valence-corrected chi connectivity index (χ1v) is 9.87. The summed E-state index contributed by atoms with van der Waals surface area (Å²) in [4.78, 5) is 12.1. The van der Waals surface area contributed by atoms with Gasteiger partial charge in [0.1, 0.15) is 0 Å². The summed E-state index contributed by atoms with van der Waals surface area (Å²) in [6.07, 6.45) is 1.56. The van der Waals surface area contributed by atoms with Crippen molar-refractivity contribution in [2.45, 2.75) is 11.8 Å². The maximum atomic E-state index is 10.9. The molecular weight excluding hydrogens is 372 g/mol. The lowest BCUT2D eigenvalue weighted by Gasteiger charge is -2.11. The van der Waals surface area contributed by atoms with Gasteiger partial charge in [-0.2, -0.15) is 5.10 Å². The number of carbonyl (C=O) groups excluding carboxylic acids is 1. The second kappa shape index (κ2) is 9.80. The number of ether oxygens (including phenoxy) is 2. The maximum Gasteiger partial charge on any atom is 0.236 e. The van der Waals surface area contributed by atoms with Gasteiger partial charge in [-0.25, -0.2) is 5.43 Å². The molecule has 0 radical (unpaired) electrons. The molecule has 1 amide bonds. The molecule has 0 aliphatic carbocycles. The van der Waals surface area contributed by atoms with E-state index in [9.17, 15) is 4.79 Å². The molecule has 28 heavy (non-hydrogen) atoms. The summed E-state index contributed by atoms with van der Waals surface area (Å²) in [5, 5.41) is 6.36. The number of hydrazone groups is 1. The lowest BCUT2D eigenvalue weighted by molar-refractivity contribution is -0.118. The highest BCUT2D eigenvalue weighted by atomic mass is 32.2. The van der Waals surface area contributed by atoms with Crippen LogP contribution in [0.15, 0.2) is 70.7 Å². The van der Waals surface area contributed by atoms with Crippen molar-refractivity contribution in [3.05, 3.63) is 66.2 Å². The highest BCUT2D eigenvalue weighted by Gasteiger charge is 2.06. The number of thioether (sulfide) groups is 1. The van der Waals surface area contributed by atoms with Crippen molar-refractivity contribution in [1.82, 2.24) is 5.43 Å². The van der Waals surface area contributed by atoms with Gasteiger partial charge in [-0.05, 0) is 40.6 Å². The highest BCUT2D eigenvalue weighted by Crippen LogP contribution is 2.30. The van der Waals surface area contributed by atoms with Crippen LogP contribution in [0.5, 0.6) is 11.5 Å². The van der Waals surface area contributed by atoms with E-state index in [2.05, 4.69) is 53.0 Å². The Hall–Kier alpha value is -2.99. The van der Waals surface area contributed by atoms with E-state index in [1.807, 2.05) is 18.2 Å². The molecule has 0 bridgehead atoms. The Bertz CT molecular complexity index is 983. The van der Waals surface area contributed by atoms with Crippen LogP contribution < -0.4 is 14.9 Å². The van der Waals surface area contributed by atoms with Crippen molar-refractivity contribution in [2.75, 3.05) is 19.5 Å². The number of fused-ring (bicyclic) bond motifs is 1. The molecule has 0 aromatic heterocycles. The SMILES string of the molecule is COc1cc(C=NNC(C)=O)ccc1OCCSc1cccc2ccccc12. The molecule has 0 saturated carbocycles. The number of hydrogen-bond acceptors (Lipinski definition) is 5. The molecule has 3 aromatic rings. The standard InChI is InChI=1S/C22H22N2O3S/c1-16(25)24-23-15-17-10-11-20(21(14-17)26-2)27-12-13-28-22-9-5-7-18-6-3-4-8-19(18)22/h3-11,14-15H,12-13H2,1-2H3,(H,24,25). The van der Waals surface area contributed by atoms with Crippen molar-refractivity contribution in [3.8, 4) is 11.5 Å². The third-order valence-electron chi connectivity index (χ3n) is 3.97. The molecule has 0 atom stereocenters. The average molecular weight is 394 g/mol. The number of carbonyl (C=O) groups is 1. The molecule has 0 aliphatic heterocycles. The molecule has 3 rings (SSSR count). The number of nitrogens with one attached hydrogen (secondary N) is 1. The fourth-order valence-electron chi connectivity index (χ4n) is 2.71. The normalized spacial score (nSPS) is 10.9. The summed E-state index contributed by atoms with van der Waals surface area (Å²) in [7, 11) is 1.60. The molecular formula is C22H22N2O3S. The summed E-state index contributed by atoms with van der Waals surface area (Å²) in [6, 6.07) is 20.2. The van der Waals surface area contributed by atoms with Crippen molar-refractivity contribution in [1.29, 1.82) is 0 Å². The van der Waals surface area contributed by atoms with Gasteiger partial charge in [-0.15, -0.1) is 11.8 Å². The first-order chi connectivity index (χ1) is 13.7. The minimum absolute atomic E-state index is 0.216. The van der Waals surface area contributed by atoms with Gasteiger partial charge >= 0.3 is 0 Å². The fourth-order valence-corrected chi connectivity index (χ4v) is 3.61. The number of nitrogens with zero attached hydrogens (tertiary/aromatic N) is 1. The van der Waals surface area contributed by atoms with Gasteiger partial charge in [-0.3, -0.25) is 4.79 Å². The topological polar surface area (TPSA) is 59.9 Å². The Balaban J connectivity index is 1.58. The Labute approximate surface area is 168 Å². The summed E-state index contributed by atoms with van der Waals surface area (Å²) < 4.78 is 11.3. The van der Waals surface area contributed by atoms with Crippen molar-refractivity contribution in [2.24, 2.45) is 5.10 Å². The number of rotatable bonds is 8. The first-order valence-electron chi connectivity index (χ1n) is 8.88. The smallest absolute Gasteiger partial charge is 0.236 e. The summed E-state index contributed by atoms with van der Waals surface area (Å²) in [5.41, 5.74) is 3.18. The molecule has 0 saturated heterocycles. The Morgan fingerprint density at radius 1 is 1.11 bits per heavy atom. The van der Waals surface area contributed by atoms with E-state index < -0.39 is 0 Å². The second-order valence-electron chi connectivity index (χ2n) is 6.01. The van der Waals surface area contributed by atoms with E-state index >= 15 is 0 Å². The molecule has 5 nitrogen and oxygen atoms in total. The van der Waals surface area contributed by atoms with Crippen LogP contribution in [0, 0.1) is 0 Å².